The fourth-order valence-corrected chi connectivity index (χ4v) is 5.54. The van der Waals surface area contributed by atoms with Crippen molar-refractivity contribution in [1.29, 1.82) is 0 Å². The molecule has 0 saturated carbocycles. The Morgan fingerprint density at radius 1 is 1.23 bits per heavy atom. The third-order valence-corrected chi connectivity index (χ3v) is 7.59. The Morgan fingerprint density at radius 3 is 2.62 bits per heavy atom. The highest BCUT2D eigenvalue weighted by Gasteiger charge is 2.39. The summed E-state index contributed by atoms with van der Waals surface area (Å²) in [6, 6.07) is 6.17. The van der Waals surface area contributed by atoms with Gasteiger partial charge in [-0.25, -0.2) is 13.4 Å². The molecule has 0 aliphatic heterocycles. The Morgan fingerprint density at radius 2 is 1.95 bits per heavy atom. The van der Waals surface area contributed by atoms with E-state index in [9.17, 15) is 37.1 Å². The van der Waals surface area contributed by atoms with Crippen molar-refractivity contribution in [2.24, 2.45) is 0 Å². The summed E-state index contributed by atoms with van der Waals surface area (Å²) < 4.78 is 55.2. The van der Waals surface area contributed by atoms with Gasteiger partial charge in [-0.05, 0) is 32.0 Å². The highest BCUT2D eigenvalue weighted by molar-refractivity contribution is 7.91. The van der Waals surface area contributed by atoms with Crippen LogP contribution < -0.4 is 20.9 Å². The number of nitrogens with zero attached hydrogens (tertiary/aromatic N) is 4. The normalized spacial score (nSPS) is 12.3. The molecule has 3 aromatic heterocycles. The average molecular weight is 587 g/mol. The van der Waals surface area contributed by atoms with Gasteiger partial charge in [0.25, 0.3) is 11.3 Å². The minimum Gasteiger partial charge on any atom is -0.618 e. The van der Waals surface area contributed by atoms with Crippen molar-refractivity contribution in [1.82, 2.24) is 19.9 Å². The summed E-state index contributed by atoms with van der Waals surface area (Å²) in [5.74, 6) is -5.55. The van der Waals surface area contributed by atoms with E-state index in [1.165, 1.54) is 44.3 Å². The van der Waals surface area contributed by atoms with Crippen LogP contribution in [0.4, 0.5) is 14.6 Å². The maximum absolute atomic E-state index is 14.5. The number of alkyl halides is 2. The summed E-state index contributed by atoms with van der Waals surface area (Å²) in [6.07, 6.45) is 3.21. The molecule has 0 atom stereocenters. The second-order valence-electron chi connectivity index (χ2n) is 9.09. The molecule has 0 bridgehead atoms. The van der Waals surface area contributed by atoms with Crippen LogP contribution in [-0.4, -0.2) is 51.9 Å². The third-order valence-electron chi connectivity index (χ3n) is 5.16. The molecule has 3 heterocycles. The molecular formula is C23H25ClF2N6O6S. The number of carbonyl (C=O) groups is 1. The molecule has 0 fully saturated rings. The smallest absolute Gasteiger partial charge is 0.347 e. The number of hydrogen-bond donors (Lipinski definition) is 3. The lowest BCUT2D eigenvalue weighted by Gasteiger charge is -2.18. The van der Waals surface area contributed by atoms with E-state index < -0.39 is 63.2 Å². The number of aliphatic hydroxyl groups is 1. The number of amides is 1. The maximum Gasteiger partial charge on any atom is 0.347 e. The van der Waals surface area contributed by atoms with Gasteiger partial charge >= 0.3 is 5.92 Å². The molecule has 0 saturated heterocycles. The van der Waals surface area contributed by atoms with Crippen LogP contribution in [0.3, 0.4) is 0 Å². The van der Waals surface area contributed by atoms with Gasteiger partial charge in [0.1, 0.15) is 11.7 Å². The summed E-state index contributed by atoms with van der Waals surface area (Å²) in [6.45, 7) is 0.552. The number of anilines is 1. The predicted molar refractivity (Wildman–Crippen MR) is 136 cm³/mol. The molecule has 0 unspecified atom stereocenters. The van der Waals surface area contributed by atoms with Gasteiger partial charge < -0.3 is 20.9 Å². The van der Waals surface area contributed by atoms with E-state index in [0.29, 0.717) is 0 Å². The molecule has 12 nitrogen and oxygen atoms in total. The number of nitrogens with one attached hydrogen (secondary N) is 2. The summed E-state index contributed by atoms with van der Waals surface area (Å²) >= 11 is 6.00. The number of halogens is 3. The van der Waals surface area contributed by atoms with Crippen molar-refractivity contribution >= 4 is 33.2 Å². The molecule has 39 heavy (non-hydrogen) atoms. The summed E-state index contributed by atoms with van der Waals surface area (Å²) in [7, 11) is -3.95. The van der Waals surface area contributed by atoms with Gasteiger partial charge in [-0.15, -0.1) is 0 Å². The van der Waals surface area contributed by atoms with Crippen LogP contribution in [0.25, 0.3) is 0 Å². The predicted octanol–water partition coefficient (Wildman–Crippen LogP) is 0.990. The first-order valence-electron chi connectivity index (χ1n) is 11.3. The zero-order valence-electron chi connectivity index (χ0n) is 20.8. The minimum absolute atomic E-state index is 0.00250. The van der Waals surface area contributed by atoms with E-state index in [-0.39, 0.29) is 27.0 Å². The largest absolute Gasteiger partial charge is 0.618 e. The fourth-order valence-electron chi connectivity index (χ4n) is 3.50. The molecular weight excluding hydrogens is 562 g/mol. The van der Waals surface area contributed by atoms with Gasteiger partial charge in [0, 0.05) is 18.3 Å². The van der Waals surface area contributed by atoms with E-state index in [4.69, 9.17) is 11.6 Å². The lowest BCUT2D eigenvalue weighted by Crippen LogP contribution is -2.41. The molecule has 210 valence electrons. The van der Waals surface area contributed by atoms with Crippen molar-refractivity contribution < 1.29 is 31.8 Å². The maximum atomic E-state index is 14.5. The van der Waals surface area contributed by atoms with Gasteiger partial charge in [0.15, 0.2) is 21.9 Å². The number of pyridine rings is 2. The van der Waals surface area contributed by atoms with Crippen LogP contribution in [0, 0.1) is 5.21 Å². The minimum atomic E-state index is -3.95. The van der Waals surface area contributed by atoms with Crippen LogP contribution in [0.15, 0.2) is 58.6 Å². The first-order chi connectivity index (χ1) is 18.1. The van der Waals surface area contributed by atoms with Crippen LogP contribution >= 0.6 is 11.6 Å². The standard InChI is InChI=1S/C23H25ClF2N6O6S/c1-22(2,35)14-39(37,38)16-6-5-8-27-15(16)10-28-19(33)12-31-18(24)11-29-20(21(31)34)30-13-23(25,26)17-7-3-4-9-32(17)36/h3-9,11,35H,10,12-14H2,1-2H3,(H,28,33)(H,29,30). The van der Waals surface area contributed by atoms with E-state index >= 15 is 0 Å². The quantitative estimate of drug-likeness (QED) is 0.219. The van der Waals surface area contributed by atoms with Crippen molar-refractivity contribution in [2.75, 3.05) is 17.6 Å². The number of aromatic nitrogens is 4. The molecule has 0 radical (unpaired) electrons. The van der Waals surface area contributed by atoms with Gasteiger partial charge in [0.05, 0.1) is 41.2 Å². The Kier molecular flexibility index (Phi) is 8.87. The number of hydrogen-bond acceptors (Lipinski definition) is 9. The topological polar surface area (TPSA) is 170 Å². The lowest BCUT2D eigenvalue weighted by atomic mass is 10.2. The molecule has 0 aliphatic carbocycles. The summed E-state index contributed by atoms with van der Waals surface area (Å²) in [5, 5.41) is 26.0. The summed E-state index contributed by atoms with van der Waals surface area (Å²) in [4.78, 5) is 32.9. The van der Waals surface area contributed by atoms with Crippen molar-refractivity contribution in [3.63, 3.8) is 0 Å². The van der Waals surface area contributed by atoms with Crippen molar-refractivity contribution in [3.8, 4) is 0 Å². The molecule has 1 amide bonds. The van der Waals surface area contributed by atoms with E-state index in [0.717, 1.165) is 23.0 Å². The number of rotatable bonds is 11. The van der Waals surface area contributed by atoms with Gasteiger partial charge in [-0.2, -0.15) is 13.5 Å². The first kappa shape index (κ1) is 29.9. The SMILES string of the molecule is CC(C)(O)CS(=O)(=O)c1cccnc1CNC(=O)Cn1c(Cl)cnc(NCC(F)(F)c2cccc[n+]2[O-])c1=O. The fraction of sp³-hybridized carbons (Fsp3) is 0.348. The van der Waals surface area contributed by atoms with Crippen LogP contribution in [-0.2, 0) is 33.6 Å². The average Bonchev–Trinajstić information content (AvgIpc) is 2.83. The molecule has 0 spiro atoms. The van der Waals surface area contributed by atoms with Gasteiger partial charge in [-0.3, -0.25) is 19.1 Å². The van der Waals surface area contributed by atoms with Gasteiger partial charge in [-0.1, -0.05) is 11.6 Å². The number of sulfone groups is 1. The van der Waals surface area contributed by atoms with Crippen molar-refractivity contribution in [3.05, 3.63) is 81.0 Å². The van der Waals surface area contributed by atoms with Crippen LogP contribution in [0.1, 0.15) is 25.2 Å². The molecule has 3 aromatic rings. The zero-order valence-corrected chi connectivity index (χ0v) is 22.3. The monoisotopic (exact) mass is 586 g/mol. The third kappa shape index (κ3) is 7.68. The zero-order chi connectivity index (χ0) is 29.0. The Hall–Kier alpha value is -3.69. The Bertz CT molecular complexity index is 1530. The van der Waals surface area contributed by atoms with Crippen molar-refractivity contribution in [2.45, 2.75) is 43.4 Å². The molecule has 0 aliphatic rings. The van der Waals surface area contributed by atoms with Crippen LogP contribution in [0.2, 0.25) is 5.15 Å². The molecule has 3 N–H and O–H groups in total. The second-order valence-corrected chi connectivity index (χ2v) is 11.4. The van der Waals surface area contributed by atoms with E-state index in [1.54, 1.807) is 0 Å². The molecule has 3 rings (SSSR count). The first-order valence-corrected chi connectivity index (χ1v) is 13.4. The Labute approximate surface area is 226 Å². The highest BCUT2D eigenvalue weighted by atomic mass is 35.5. The lowest BCUT2D eigenvalue weighted by molar-refractivity contribution is -0.624. The highest BCUT2D eigenvalue weighted by Crippen LogP contribution is 2.25. The van der Waals surface area contributed by atoms with E-state index in [2.05, 4.69) is 20.6 Å². The van der Waals surface area contributed by atoms with Gasteiger partial charge in [0.2, 0.25) is 5.91 Å². The Balaban J connectivity index is 1.72. The number of carbonyl (C=O) groups excluding carboxylic acids is 1. The van der Waals surface area contributed by atoms with E-state index in [1.807, 2.05) is 0 Å². The molecule has 0 aromatic carbocycles. The molecule has 16 heteroatoms. The second kappa shape index (κ2) is 11.6. The van der Waals surface area contributed by atoms with Crippen LogP contribution in [0.5, 0.6) is 0 Å². The summed E-state index contributed by atoms with van der Waals surface area (Å²) in [5.41, 5.74) is -3.33.